The number of oxazole rings is 1. The summed E-state index contributed by atoms with van der Waals surface area (Å²) in [5.74, 6) is 0.526. The van der Waals surface area contributed by atoms with Crippen molar-refractivity contribution in [1.82, 2.24) is 4.98 Å². The Bertz CT molecular complexity index is 393. The molecule has 1 aliphatic heterocycles. The maximum Gasteiger partial charge on any atom is 0.303 e. The molecular formula is C12H17NO4. The highest BCUT2D eigenvalue weighted by Crippen LogP contribution is 2.34. The lowest BCUT2D eigenvalue weighted by Gasteiger charge is -2.30. The Morgan fingerprint density at radius 1 is 1.53 bits per heavy atom. The van der Waals surface area contributed by atoms with Crippen molar-refractivity contribution in [3.63, 3.8) is 0 Å². The predicted octanol–water partition coefficient (Wildman–Crippen LogP) is 1.76. The van der Waals surface area contributed by atoms with Gasteiger partial charge in [-0.2, -0.15) is 0 Å². The highest BCUT2D eigenvalue weighted by atomic mass is 16.5. The Kier molecular flexibility index (Phi) is 3.47. The van der Waals surface area contributed by atoms with Crippen molar-refractivity contribution >= 4 is 5.97 Å². The summed E-state index contributed by atoms with van der Waals surface area (Å²) in [6.45, 7) is 3.61. The first-order valence-corrected chi connectivity index (χ1v) is 5.85. The van der Waals surface area contributed by atoms with E-state index in [1.807, 2.05) is 0 Å². The molecule has 0 bridgehead atoms. The van der Waals surface area contributed by atoms with E-state index < -0.39 is 5.97 Å². The Hall–Kier alpha value is -1.36. The zero-order valence-corrected chi connectivity index (χ0v) is 9.94. The van der Waals surface area contributed by atoms with E-state index in [1.54, 1.807) is 6.20 Å². The zero-order valence-electron chi connectivity index (χ0n) is 9.94. The largest absolute Gasteiger partial charge is 0.481 e. The fourth-order valence-electron chi connectivity index (χ4n) is 1.99. The average molecular weight is 239 g/mol. The minimum atomic E-state index is -0.831. The summed E-state index contributed by atoms with van der Waals surface area (Å²) in [7, 11) is 0. The first kappa shape index (κ1) is 12.1. The summed E-state index contributed by atoms with van der Waals surface area (Å²) in [4.78, 5) is 14.6. The number of carbonyl (C=O) groups is 1. The van der Waals surface area contributed by atoms with Crippen LogP contribution in [-0.4, -0.2) is 29.3 Å². The maximum atomic E-state index is 10.5. The molecule has 5 heteroatoms. The molecule has 1 aromatic heterocycles. The van der Waals surface area contributed by atoms with Crippen molar-refractivity contribution in [2.45, 2.75) is 38.0 Å². The van der Waals surface area contributed by atoms with Crippen molar-refractivity contribution < 1.29 is 19.1 Å². The molecule has 1 fully saturated rings. The number of aromatic nitrogens is 1. The van der Waals surface area contributed by atoms with Crippen LogP contribution in [0.3, 0.4) is 0 Å². The van der Waals surface area contributed by atoms with E-state index >= 15 is 0 Å². The molecular weight excluding hydrogens is 222 g/mol. The fourth-order valence-corrected chi connectivity index (χ4v) is 1.99. The normalized spacial score (nSPS) is 19.1. The number of hydrogen-bond acceptors (Lipinski definition) is 4. The van der Waals surface area contributed by atoms with E-state index in [1.165, 1.54) is 0 Å². The number of carboxylic acid groups (broad SMARTS) is 1. The van der Waals surface area contributed by atoms with Gasteiger partial charge in [0.05, 0.1) is 12.6 Å². The Labute approximate surface area is 99.8 Å². The van der Waals surface area contributed by atoms with Crippen molar-refractivity contribution in [2.24, 2.45) is 0 Å². The lowest BCUT2D eigenvalue weighted by atomic mass is 9.80. The topological polar surface area (TPSA) is 72.6 Å². The fraction of sp³-hybridized carbons (Fsp3) is 0.667. The van der Waals surface area contributed by atoms with Gasteiger partial charge in [0.25, 0.3) is 0 Å². The van der Waals surface area contributed by atoms with Gasteiger partial charge in [-0.05, 0) is 12.8 Å². The van der Waals surface area contributed by atoms with Gasteiger partial charge in [-0.15, -0.1) is 0 Å². The van der Waals surface area contributed by atoms with Crippen LogP contribution in [0.4, 0.5) is 0 Å². The van der Waals surface area contributed by atoms with Gasteiger partial charge < -0.3 is 14.3 Å². The van der Waals surface area contributed by atoms with E-state index in [0.29, 0.717) is 12.3 Å². The number of hydrogen-bond donors (Lipinski definition) is 1. The number of ether oxygens (including phenoxy) is 1. The molecule has 1 aromatic rings. The number of aliphatic carboxylic acids is 1. The molecule has 1 aliphatic rings. The summed E-state index contributed by atoms with van der Waals surface area (Å²) >= 11 is 0. The average Bonchev–Trinajstić information content (AvgIpc) is 2.76. The van der Waals surface area contributed by atoms with Gasteiger partial charge in [-0.1, -0.05) is 6.92 Å². The molecule has 5 nitrogen and oxygen atoms in total. The molecule has 0 aromatic carbocycles. The van der Waals surface area contributed by atoms with Crippen molar-refractivity contribution in [2.75, 3.05) is 13.2 Å². The number of aryl methyl sites for hydroxylation is 1. The molecule has 0 spiro atoms. The first-order valence-electron chi connectivity index (χ1n) is 5.85. The van der Waals surface area contributed by atoms with Gasteiger partial charge in [0, 0.05) is 25.0 Å². The first-order chi connectivity index (χ1) is 8.10. The van der Waals surface area contributed by atoms with Crippen molar-refractivity contribution in [1.29, 1.82) is 0 Å². The Morgan fingerprint density at radius 3 is 2.88 bits per heavy atom. The third kappa shape index (κ3) is 2.85. The van der Waals surface area contributed by atoms with Crippen LogP contribution in [0.2, 0.25) is 0 Å². The van der Waals surface area contributed by atoms with E-state index in [9.17, 15) is 4.79 Å². The molecule has 1 saturated heterocycles. The molecule has 0 radical (unpaired) electrons. The van der Waals surface area contributed by atoms with Crippen LogP contribution >= 0.6 is 0 Å². The van der Waals surface area contributed by atoms with Gasteiger partial charge in [0.15, 0.2) is 5.89 Å². The molecule has 0 amide bonds. The van der Waals surface area contributed by atoms with E-state index in [0.717, 1.165) is 31.8 Å². The molecule has 17 heavy (non-hydrogen) atoms. The second kappa shape index (κ2) is 4.87. The maximum absolute atomic E-state index is 10.5. The quantitative estimate of drug-likeness (QED) is 0.866. The third-order valence-electron chi connectivity index (χ3n) is 3.30. The van der Waals surface area contributed by atoms with Crippen LogP contribution in [0.15, 0.2) is 10.6 Å². The van der Waals surface area contributed by atoms with Crippen LogP contribution < -0.4 is 0 Å². The van der Waals surface area contributed by atoms with Crippen LogP contribution in [0.25, 0.3) is 0 Å². The molecule has 2 rings (SSSR count). The summed E-state index contributed by atoms with van der Waals surface area (Å²) < 4.78 is 11.0. The summed E-state index contributed by atoms with van der Waals surface area (Å²) in [5, 5.41) is 8.60. The van der Waals surface area contributed by atoms with Gasteiger partial charge in [0.1, 0.15) is 5.76 Å². The highest BCUT2D eigenvalue weighted by molar-refractivity contribution is 5.66. The molecule has 0 saturated carbocycles. The van der Waals surface area contributed by atoms with E-state index in [-0.39, 0.29) is 11.8 Å². The minimum Gasteiger partial charge on any atom is -0.481 e. The monoisotopic (exact) mass is 239 g/mol. The van der Waals surface area contributed by atoms with E-state index in [2.05, 4.69) is 11.9 Å². The molecule has 0 atom stereocenters. The van der Waals surface area contributed by atoms with Crippen LogP contribution in [0.5, 0.6) is 0 Å². The minimum absolute atomic E-state index is 0.0211. The van der Waals surface area contributed by atoms with Crippen molar-refractivity contribution in [3.05, 3.63) is 17.8 Å². The van der Waals surface area contributed by atoms with Gasteiger partial charge in [-0.25, -0.2) is 4.98 Å². The van der Waals surface area contributed by atoms with Crippen LogP contribution in [0.1, 0.15) is 37.8 Å². The SMILES string of the molecule is CC1(c2cnc(CCC(=O)O)o2)CCOCC1. The second-order valence-corrected chi connectivity index (χ2v) is 4.69. The smallest absolute Gasteiger partial charge is 0.303 e. The zero-order chi connectivity index (χ0) is 12.3. The molecule has 94 valence electrons. The van der Waals surface area contributed by atoms with Crippen LogP contribution in [-0.2, 0) is 21.4 Å². The molecule has 0 aliphatic carbocycles. The summed E-state index contributed by atoms with van der Waals surface area (Å²) in [5.41, 5.74) is -0.0211. The third-order valence-corrected chi connectivity index (χ3v) is 3.30. The number of rotatable bonds is 4. The number of carboxylic acids is 1. The molecule has 2 heterocycles. The van der Waals surface area contributed by atoms with Gasteiger partial charge in [0.2, 0.25) is 0 Å². The molecule has 0 unspecified atom stereocenters. The standard InChI is InChI=1S/C12H17NO4/c1-12(4-6-16-7-5-12)9-8-13-10(17-9)2-3-11(14)15/h8H,2-7H2,1H3,(H,14,15). The Balaban J connectivity index is 2.03. The summed E-state index contributed by atoms with van der Waals surface area (Å²) in [6, 6.07) is 0. The highest BCUT2D eigenvalue weighted by Gasteiger charge is 2.32. The predicted molar refractivity (Wildman–Crippen MR) is 59.9 cm³/mol. The van der Waals surface area contributed by atoms with Gasteiger partial charge in [-0.3, -0.25) is 4.79 Å². The summed E-state index contributed by atoms with van der Waals surface area (Å²) in [6.07, 6.45) is 3.96. The second-order valence-electron chi connectivity index (χ2n) is 4.69. The van der Waals surface area contributed by atoms with Crippen molar-refractivity contribution in [3.8, 4) is 0 Å². The van der Waals surface area contributed by atoms with Crippen LogP contribution in [0, 0.1) is 0 Å². The molecule has 1 N–H and O–H groups in total. The van der Waals surface area contributed by atoms with E-state index in [4.69, 9.17) is 14.3 Å². The Morgan fingerprint density at radius 2 is 2.24 bits per heavy atom. The lowest BCUT2D eigenvalue weighted by molar-refractivity contribution is -0.137. The lowest BCUT2D eigenvalue weighted by Crippen LogP contribution is -2.30. The number of nitrogens with zero attached hydrogens (tertiary/aromatic N) is 1. The van der Waals surface area contributed by atoms with Gasteiger partial charge >= 0.3 is 5.97 Å².